The summed E-state index contributed by atoms with van der Waals surface area (Å²) in [5.74, 6) is 0.0864. The SMILES string of the molecule is CCCCc1c(C)nc(NC(=O)OCC2c3ccccc3-c3ccccc32)[nH]c1=O. The fourth-order valence-electron chi connectivity index (χ4n) is 4.05. The predicted molar refractivity (Wildman–Crippen MR) is 117 cm³/mol. The average Bonchev–Trinajstić information content (AvgIpc) is 3.06. The maximum absolute atomic E-state index is 12.4. The lowest BCUT2D eigenvalue weighted by Gasteiger charge is -2.14. The van der Waals surface area contributed by atoms with Crippen LogP contribution in [0.5, 0.6) is 0 Å². The third-order valence-electron chi connectivity index (χ3n) is 5.57. The number of carbonyl (C=O) groups excluding carboxylic acids is 1. The molecule has 0 bridgehead atoms. The fraction of sp³-hybridized carbons (Fsp3) is 0.292. The maximum Gasteiger partial charge on any atom is 0.414 e. The second-order valence-electron chi connectivity index (χ2n) is 7.53. The molecule has 3 aromatic rings. The zero-order valence-electron chi connectivity index (χ0n) is 17.2. The van der Waals surface area contributed by atoms with E-state index in [2.05, 4.69) is 46.5 Å². The molecule has 0 saturated carbocycles. The van der Waals surface area contributed by atoms with E-state index in [0.29, 0.717) is 17.7 Å². The third-order valence-corrected chi connectivity index (χ3v) is 5.57. The fourth-order valence-corrected chi connectivity index (χ4v) is 4.05. The monoisotopic (exact) mass is 403 g/mol. The van der Waals surface area contributed by atoms with Crippen molar-refractivity contribution in [1.82, 2.24) is 9.97 Å². The summed E-state index contributed by atoms with van der Waals surface area (Å²) in [5, 5.41) is 2.55. The van der Waals surface area contributed by atoms with Gasteiger partial charge in [0, 0.05) is 17.2 Å². The van der Waals surface area contributed by atoms with E-state index in [1.54, 1.807) is 6.92 Å². The number of hydrogen-bond acceptors (Lipinski definition) is 4. The number of benzene rings is 2. The Morgan fingerprint density at radius 2 is 1.73 bits per heavy atom. The number of unbranched alkanes of at least 4 members (excludes halogenated alkanes) is 1. The summed E-state index contributed by atoms with van der Waals surface area (Å²) >= 11 is 0. The molecule has 1 aliphatic rings. The Hall–Kier alpha value is -3.41. The van der Waals surface area contributed by atoms with Crippen molar-refractivity contribution in [2.75, 3.05) is 11.9 Å². The van der Waals surface area contributed by atoms with Crippen LogP contribution in [0.1, 0.15) is 48.1 Å². The highest BCUT2D eigenvalue weighted by Crippen LogP contribution is 2.44. The number of nitrogens with one attached hydrogen (secondary N) is 2. The molecule has 0 atom stereocenters. The molecular weight excluding hydrogens is 378 g/mol. The summed E-state index contributed by atoms with van der Waals surface area (Å²) < 4.78 is 5.51. The molecule has 1 aliphatic carbocycles. The van der Waals surface area contributed by atoms with Gasteiger partial charge in [-0.15, -0.1) is 0 Å². The molecule has 154 valence electrons. The van der Waals surface area contributed by atoms with Crippen LogP contribution in [0.3, 0.4) is 0 Å². The summed E-state index contributed by atoms with van der Waals surface area (Å²) in [7, 11) is 0. The minimum Gasteiger partial charge on any atom is -0.448 e. The number of nitrogens with zero attached hydrogens (tertiary/aromatic N) is 1. The molecule has 30 heavy (non-hydrogen) atoms. The van der Waals surface area contributed by atoms with Crippen LogP contribution >= 0.6 is 0 Å². The molecule has 1 heterocycles. The standard InChI is InChI=1S/C24H25N3O3/c1-3-4-9-16-15(2)25-23(26-22(16)28)27-24(29)30-14-21-19-12-7-5-10-17(19)18-11-6-8-13-20(18)21/h5-8,10-13,21H,3-4,9,14H2,1-2H3,(H2,25,26,27,28,29). The van der Waals surface area contributed by atoms with Crippen molar-refractivity contribution in [3.05, 3.63) is 81.3 Å². The van der Waals surface area contributed by atoms with Gasteiger partial charge in [0.05, 0.1) is 0 Å². The van der Waals surface area contributed by atoms with E-state index in [-0.39, 0.29) is 24.0 Å². The van der Waals surface area contributed by atoms with Gasteiger partial charge in [0.2, 0.25) is 5.95 Å². The molecule has 6 nitrogen and oxygen atoms in total. The predicted octanol–water partition coefficient (Wildman–Crippen LogP) is 4.78. The number of carbonyl (C=O) groups is 1. The number of rotatable bonds is 6. The van der Waals surface area contributed by atoms with Gasteiger partial charge in [-0.1, -0.05) is 61.9 Å². The first-order valence-corrected chi connectivity index (χ1v) is 10.3. The Bertz CT molecular complexity index is 1090. The van der Waals surface area contributed by atoms with Crippen LogP contribution in [0.25, 0.3) is 11.1 Å². The largest absolute Gasteiger partial charge is 0.448 e. The molecule has 4 rings (SSSR count). The number of fused-ring (bicyclic) bond motifs is 3. The van der Waals surface area contributed by atoms with E-state index < -0.39 is 6.09 Å². The highest BCUT2D eigenvalue weighted by Gasteiger charge is 2.29. The average molecular weight is 403 g/mol. The molecule has 6 heteroatoms. The first-order valence-electron chi connectivity index (χ1n) is 10.3. The molecule has 0 saturated heterocycles. The normalized spacial score (nSPS) is 12.3. The number of anilines is 1. The molecule has 1 amide bonds. The van der Waals surface area contributed by atoms with Gasteiger partial charge in [0.15, 0.2) is 0 Å². The molecule has 2 N–H and O–H groups in total. The first kappa shape index (κ1) is 19.9. The number of aryl methyl sites for hydroxylation is 1. The van der Waals surface area contributed by atoms with Crippen LogP contribution in [0.15, 0.2) is 53.3 Å². The number of ether oxygens (including phenoxy) is 1. The highest BCUT2D eigenvalue weighted by atomic mass is 16.5. The minimum absolute atomic E-state index is 0.0201. The first-order chi connectivity index (χ1) is 14.6. The van der Waals surface area contributed by atoms with Crippen molar-refractivity contribution in [2.24, 2.45) is 0 Å². The lowest BCUT2D eigenvalue weighted by atomic mass is 9.98. The number of H-pyrrole nitrogens is 1. The Kier molecular flexibility index (Phi) is 5.65. The summed E-state index contributed by atoms with van der Waals surface area (Å²) in [5.41, 5.74) is 5.71. The van der Waals surface area contributed by atoms with E-state index in [1.165, 1.54) is 11.1 Å². The van der Waals surface area contributed by atoms with Crippen LogP contribution in [0, 0.1) is 6.92 Å². The van der Waals surface area contributed by atoms with E-state index in [4.69, 9.17) is 4.74 Å². The highest BCUT2D eigenvalue weighted by molar-refractivity contribution is 5.83. The summed E-state index contributed by atoms with van der Waals surface area (Å²) in [4.78, 5) is 31.6. The van der Waals surface area contributed by atoms with Crippen LogP contribution in [-0.2, 0) is 11.2 Å². The van der Waals surface area contributed by atoms with E-state index in [1.807, 2.05) is 24.3 Å². The quantitative estimate of drug-likeness (QED) is 0.620. The van der Waals surface area contributed by atoms with Gasteiger partial charge in [0.1, 0.15) is 6.61 Å². The van der Waals surface area contributed by atoms with Crippen molar-refractivity contribution in [3.8, 4) is 11.1 Å². The number of aromatic amines is 1. The number of aromatic nitrogens is 2. The zero-order chi connectivity index (χ0) is 21.1. The summed E-state index contributed by atoms with van der Waals surface area (Å²) in [6, 6.07) is 16.3. The second kappa shape index (κ2) is 8.53. The van der Waals surface area contributed by atoms with E-state index >= 15 is 0 Å². The van der Waals surface area contributed by atoms with Gasteiger partial charge >= 0.3 is 6.09 Å². The van der Waals surface area contributed by atoms with Crippen LogP contribution in [0.4, 0.5) is 10.7 Å². The minimum atomic E-state index is -0.638. The van der Waals surface area contributed by atoms with E-state index in [9.17, 15) is 9.59 Å². The van der Waals surface area contributed by atoms with Crippen LogP contribution in [0.2, 0.25) is 0 Å². The molecule has 0 spiro atoms. The smallest absolute Gasteiger partial charge is 0.414 e. The van der Waals surface area contributed by atoms with Crippen molar-refractivity contribution < 1.29 is 9.53 Å². The third kappa shape index (κ3) is 3.85. The van der Waals surface area contributed by atoms with E-state index in [0.717, 1.165) is 24.0 Å². The second-order valence-corrected chi connectivity index (χ2v) is 7.53. The van der Waals surface area contributed by atoms with Gasteiger partial charge in [-0.2, -0.15) is 0 Å². The summed E-state index contributed by atoms with van der Waals surface area (Å²) in [6.07, 6.45) is 1.96. The molecule has 2 aromatic carbocycles. The lowest BCUT2D eigenvalue weighted by molar-refractivity contribution is 0.158. The number of hydrogen-bond donors (Lipinski definition) is 2. The number of amides is 1. The molecule has 0 aliphatic heterocycles. The topological polar surface area (TPSA) is 84.1 Å². The van der Waals surface area contributed by atoms with Crippen molar-refractivity contribution in [1.29, 1.82) is 0 Å². The van der Waals surface area contributed by atoms with Crippen LogP contribution < -0.4 is 10.9 Å². The molecule has 0 fully saturated rings. The van der Waals surface area contributed by atoms with Gasteiger partial charge < -0.3 is 4.74 Å². The van der Waals surface area contributed by atoms with Crippen molar-refractivity contribution in [3.63, 3.8) is 0 Å². The Balaban J connectivity index is 1.45. The Morgan fingerprint density at radius 3 is 2.33 bits per heavy atom. The Morgan fingerprint density at radius 1 is 1.10 bits per heavy atom. The molecule has 1 aromatic heterocycles. The molecule has 0 radical (unpaired) electrons. The van der Waals surface area contributed by atoms with Gasteiger partial charge in [-0.25, -0.2) is 9.78 Å². The molecular formula is C24H25N3O3. The maximum atomic E-state index is 12.4. The van der Waals surface area contributed by atoms with Gasteiger partial charge in [-0.3, -0.25) is 15.1 Å². The molecule has 0 unspecified atom stereocenters. The zero-order valence-corrected chi connectivity index (χ0v) is 17.2. The van der Waals surface area contributed by atoms with Gasteiger partial charge in [-0.05, 0) is 42.0 Å². The lowest BCUT2D eigenvalue weighted by Crippen LogP contribution is -2.23. The van der Waals surface area contributed by atoms with Crippen LogP contribution in [-0.4, -0.2) is 22.7 Å². The van der Waals surface area contributed by atoms with Gasteiger partial charge in [0.25, 0.3) is 5.56 Å². The Labute approximate surface area is 175 Å². The van der Waals surface area contributed by atoms with Crippen molar-refractivity contribution in [2.45, 2.75) is 39.0 Å². The van der Waals surface area contributed by atoms with Crippen molar-refractivity contribution >= 4 is 12.0 Å². The summed E-state index contributed by atoms with van der Waals surface area (Å²) in [6.45, 7) is 4.06.